The summed E-state index contributed by atoms with van der Waals surface area (Å²) >= 11 is 0. The van der Waals surface area contributed by atoms with Crippen LogP contribution in [0.4, 0.5) is 0 Å². The highest BCUT2D eigenvalue weighted by Gasteiger charge is 1.98. The molecule has 104 valence electrons. The number of ether oxygens (including phenoxy) is 1. The molecule has 3 heteroatoms. The Balaban J connectivity index is 1.87. The minimum absolute atomic E-state index is 0.0452. The molecule has 0 bridgehead atoms. The quantitative estimate of drug-likeness (QED) is 0.808. The van der Waals surface area contributed by atoms with Crippen molar-refractivity contribution in [3.63, 3.8) is 0 Å². The van der Waals surface area contributed by atoms with Gasteiger partial charge in [-0.25, -0.2) is 0 Å². The van der Waals surface area contributed by atoms with Crippen LogP contribution in [0.25, 0.3) is 0 Å². The average Bonchev–Trinajstić information content (AvgIpc) is 2.45. The van der Waals surface area contributed by atoms with Gasteiger partial charge in [0.05, 0.1) is 0 Å². The molecule has 0 unspecified atom stereocenters. The van der Waals surface area contributed by atoms with E-state index in [2.05, 4.69) is 19.1 Å². The van der Waals surface area contributed by atoms with E-state index in [4.69, 9.17) is 4.74 Å². The van der Waals surface area contributed by atoms with E-state index in [1.54, 1.807) is 0 Å². The van der Waals surface area contributed by atoms with E-state index in [1.165, 1.54) is 5.56 Å². The molecule has 0 spiro atoms. The molecule has 20 heavy (non-hydrogen) atoms. The number of carboxylic acid groups (broad SMARTS) is 1. The fourth-order valence-electron chi connectivity index (χ4n) is 1.85. The van der Waals surface area contributed by atoms with Crippen LogP contribution in [0.3, 0.4) is 0 Å². The number of carbonyl (C=O) groups excluding carboxylic acids is 1. The third-order valence-corrected chi connectivity index (χ3v) is 3.07. The predicted molar refractivity (Wildman–Crippen MR) is 75.3 cm³/mol. The number of benzene rings is 2. The van der Waals surface area contributed by atoms with Crippen molar-refractivity contribution in [2.24, 2.45) is 0 Å². The second-order valence-electron chi connectivity index (χ2n) is 4.79. The van der Waals surface area contributed by atoms with Gasteiger partial charge in [-0.2, -0.15) is 0 Å². The topological polar surface area (TPSA) is 49.4 Å². The summed E-state index contributed by atoms with van der Waals surface area (Å²) < 4.78 is 5.68. The molecule has 0 aromatic heterocycles. The minimum Gasteiger partial charge on any atom is -0.550 e. The van der Waals surface area contributed by atoms with Gasteiger partial charge >= 0.3 is 0 Å². The third-order valence-electron chi connectivity index (χ3n) is 3.07. The Morgan fingerprint density at radius 2 is 1.60 bits per heavy atom. The van der Waals surface area contributed by atoms with Crippen LogP contribution in [0.15, 0.2) is 48.5 Å². The maximum absolute atomic E-state index is 10.4. The molecule has 0 aliphatic heterocycles. The predicted octanol–water partition coefficient (Wildman–Crippen LogP) is 2.26. The van der Waals surface area contributed by atoms with Crippen molar-refractivity contribution in [3.8, 4) is 5.75 Å². The molecule has 0 atom stereocenters. The number of carbonyl (C=O) groups is 1. The smallest absolute Gasteiger partial charge is 0.119 e. The molecule has 0 radical (unpaired) electrons. The Bertz CT molecular complexity index is 556. The zero-order valence-corrected chi connectivity index (χ0v) is 11.5. The number of aliphatic carboxylic acids is 1. The van der Waals surface area contributed by atoms with Gasteiger partial charge < -0.3 is 14.6 Å². The summed E-state index contributed by atoms with van der Waals surface area (Å²) in [5.41, 5.74) is 3.32. The summed E-state index contributed by atoms with van der Waals surface area (Å²) in [7, 11) is 0. The fourth-order valence-corrected chi connectivity index (χ4v) is 1.85. The second kappa shape index (κ2) is 6.75. The first-order valence-electron chi connectivity index (χ1n) is 6.60. The molecule has 2 aromatic rings. The largest absolute Gasteiger partial charge is 0.550 e. The summed E-state index contributed by atoms with van der Waals surface area (Å²) in [6.45, 7) is 2.58. The Hall–Kier alpha value is -2.29. The second-order valence-corrected chi connectivity index (χ2v) is 4.79. The summed E-state index contributed by atoms with van der Waals surface area (Å²) in [5, 5.41) is 10.4. The van der Waals surface area contributed by atoms with E-state index in [9.17, 15) is 9.90 Å². The Morgan fingerprint density at radius 1 is 1.00 bits per heavy atom. The van der Waals surface area contributed by atoms with Crippen LogP contribution < -0.4 is 9.84 Å². The van der Waals surface area contributed by atoms with Crippen LogP contribution >= 0.6 is 0 Å². The van der Waals surface area contributed by atoms with Crippen molar-refractivity contribution in [1.29, 1.82) is 0 Å². The number of rotatable bonds is 6. The van der Waals surface area contributed by atoms with Crippen molar-refractivity contribution in [3.05, 3.63) is 65.2 Å². The van der Waals surface area contributed by atoms with Gasteiger partial charge in [-0.3, -0.25) is 0 Å². The Morgan fingerprint density at radius 3 is 2.20 bits per heavy atom. The van der Waals surface area contributed by atoms with Crippen molar-refractivity contribution in [2.75, 3.05) is 0 Å². The first-order valence-corrected chi connectivity index (χ1v) is 6.60. The summed E-state index contributed by atoms with van der Waals surface area (Å²) in [6, 6.07) is 15.7. The zero-order chi connectivity index (χ0) is 14.4. The van der Waals surface area contributed by atoms with Gasteiger partial charge in [0, 0.05) is 5.97 Å². The molecule has 2 rings (SSSR count). The van der Waals surface area contributed by atoms with Gasteiger partial charge in [-0.15, -0.1) is 0 Å². The molecule has 2 aromatic carbocycles. The molecule has 0 saturated heterocycles. The van der Waals surface area contributed by atoms with Crippen molar-refractivity contribution >= 4 is 5.97 Å². The van der Waals surface area contributed by atoms with E-state index in [0.29, 0.717) is 13.0 Å². The lowest BCUT2D eigenvalue weighted by molar-refractivity contribution is -0.305. The Labute approximate surface area is 118 Å². The molecule has 0 fully saturated rings. The maximum atomic E-state index is 10.4. The van der Waals surface area contributed by atoms with Crippen LogP contribution in [0.2, 0.25) is 0 Å². The van der Waals surface area contributed by atoms with Gasteiger partial charge in [0.1, 0.15) is 12.4 Å². The number of hydrogen-bond donors (Lipinski definition) is 0. The summed E-state index contributed by atoms with van der Waals surface area (Å²) in [5.74, 6) is -0.243. The monoisotopic (exact) mass is 269 g/mol. The summed E-state index contributed by atoms with van der Waals surface area (Å²) in [6.07, 6.45) is 0.532. The molecule has 0 aliphatic carbocycles. The molecular formula is C17H17O3-. The fraction of sp³-hybridized carbons (Fsp3) is 0.235. The van der Waals surface area contributed by atoms with Gasteiger partial charge in [0.15, 0.2) is 0 Å². The lowest BCUT2D eigenvalue weighted by Crippen LogP contribution is -2.22. The minimum atomic E-state index is -1.02. The highest BCUT2D eigenvalue weighted by atomic mass is 16.5. The molecule has 0 amide bonds. The first-order chi connectivity index (χ1) is 9.63. The lowest BCUT2D eigenvalue weighted by Gasteiger charge is -2.08. The highest BCUT2D eigenvalue weighted by Crippen LogP contribution is 2.15. The van der Waals surface area contributed by atoms with Gasteiger partial charge in [-0.1, -0.05) is 42.0 Å². The van der Waals surface area contributed by atoms with Crippen molar-refractivity contribution in [1.82, 2.24) is 0 Å². The third kappa shape index (κ3) is 4.43. The molecular weight excluding hydrogens is 252 g/mol. The maximum Gasteiger partial charge on any atom is 0.119 e. The molecule has 0 aliphatic rings. The molecule has 0 heterocycles. The van der Waals surface area contributed by atoms with E-state index in [0.717, 1.165) is 16.9 Å². The van der Waals surface area contributed by atoms with Crippen LogP contribution in [0.5, 0.6) is 5.75 Å². The highest BCUT2D eigenvalue weighted by molar-refractivity contribution is 5.64. The first kappa shape index (κ1) is 14.1. The van der Waals surface area contributed by atoms with Gasteiger partial charge in [0.25, 0.3) is 0 Å². The molecule has 0 N–H and O–H groups in total. The number of aryl methyl sites for hydroxylation is 2. The van der Waals surface area contributed by atoms with E-state index >= 15 is 0 Å². The normalized spacial score (nSPS) is 10.2. The number of hydrogen-bond acceptors (Lipinski definition) is 3. The van der Waals surface area contributed by atoms with Gasteiger partial charge in [-0.05, 0) is 43.0 Å². The zero-order valence-electron chi connectivity index (χ0n) is 11.5. The van der Waals surface area contributed by atoms with Gasteiger partial charge in [0.2, 0.25) is 0 Å². The van der Waals surface area contributed by atoms with Crippen LogP contribution in [0.1, 0.15) is 23.1 Å². The van der Waals surface area contributed by atoms with Crippen LogP contribution in [-0.4, -0.2) is 5.97 Å². The van der Waals surface area contributed by atoms with E-state index in [-0.39, 0.29) is 6.42 Å². The molecule has 0 saturated carbocycles. The van der Waals surface area contributed by atoms with Crippen LogP contribution in [-0.2, 0) is 17.8 Å². The number of carboxylic acids is 1. The van der Waals surface area contributed by atoms with E-state index in [1.807, 2.05) is 36.4 Å². The Kier molecular flexibility index (Phi) is 4.77. The van der Waals surface area contributed by atoms with Crippen molar-refractivity contribution < 1.29 is 14.6 Å². The lowest BCUT2D eigenvalue weighted by atomic mass is 10.1. The standard InChI is InChI=1S/C17H18O3/c1-13-2-4-15(5-3-13)12-20-16-9-6-14(7-10-16)8-11-17(18)19/h2-7,9-10H,8,11-12H2,1H3,(H,18,19)/p-1. The summed E-state index contributed by atoms with van der Waals surface area (Å²) in [4.78, 5) is 10.4. The van der Waals surface area contributed by atoms with E-state index < -0.39 is 5.97 Å². The van der Waals surface area contributed by atoms with Crippen LogP contribution in [0, 0.1) is 6.92 Å². The molecule has 3 nitrogen and oxygen atoms in total. The van der Waals surface area contributed by atoms with Crippen molar-refractivity contribution in [2.45, 2.75) is 26.4 Å². The average molecular weight is 269 g/mol. The SMILES string of the molecule is Cc1ccc(COc2ccc(CCC(=O)[O-])cc2)cc1.